The number of aromatic nitrogens is 1. The molecule has 3 amide bonds. The predicted octanol–water partition coefficient (Wildman–Crippen LogP) is 6.85. The molecular weight excluding hydrogens is 924 g/mol. The quantitative estimate of drug-likeness (QED) is 0.0163. The lowest BCUT2D eigenvalue weighted by molar-refractivity contribution is -0.143. The summed E-state index contributed by atoms with van der Waals surface area (Å²) in [5, 5.41) is 19.2. The first kappa shape index (κ1) is 56.1. The number of amides is 3. The molecule has 3 aromatic carbocycles. The second-order valence-corrected chi connectivity index (χ2v) is 22.8. The fourth-order valence-electron chi connectivity index (χ4n) is 8.77. The lowest BCUT2D eigenvalue weighted by atomic mass is 9.87. The van der Waals surface area contributed by atoms with E-state index < -0.39 is 64.6 Å². The van der Waals surface area contributed by atoms with Crippen molar-refractivity contribution >= 4 is 64.6 Å². The van der Waals surface area contributed by atoms with E-state index in [-0.39, 0.29) is 44.1 Å². The van der Waals surface area contributed by atoms with E-state index in [0.29, 0.717) is 55.5 Å². The van der Waals surface area contributed by atoms with Crippen LogP contribution in [0.1, 0.15) is 107 Å². The fraction of sp³-hybridized carbons (Fsp3) is 0.520. The maximum Gasteiger partial charge on any atom is 0.326 e. The molecule has 0 aliphatic heterocycles. The van der Waals surface area contributed by atoms with Crippen molar-refractivity contribution in [2.24, 2.45) is 11.1 Å². The summed E-state index contributed by atoms with van der Waals surface area (Å²) in [6, 6.07) is 24.6. The number of carbonyl (C=O) groups excluding carboxylic acids is 3. The summed E-state index contributed by atoms with van der Waals surface area (Å²) in [4.78, 5) is 66.1. The molecule has 15 nitrogen and oxygen atoms in total. The SMILES string of the molecule is CS(=O)(=O)N[C@@H](CCCCN)C(=O)N[C@@H](Cc1ccccc1)P(=O)(O)CC1(C(=O)NC(Cc2c[nH]c3ccccc23)C(=O)O)CCCC1.C[C@H](CCCCCCc1ccccc1)NC(=O)CCS. The van der Waals surface area contributed by atoms with Crippen LogP contribution in [0.25, 0.3) is 10.9 Å². The summed E-state index contributed by atoms with van der Waals surface area (Å²) in [5.74, 6) is -3.22. The van der Waals surface area contributed by atoms with Gasteiger partial charge in [-0.15, -0.1) is 0 Å². The third kappa shape index (κ3) is 19.1. The molecule has 4 aromatic rings. The third-order valence-electron chi connectivity index (χ3n) is 12.4. The Labute approximate surface area is 407 Å². The first-order valence-corrected chi connectivity index (χ1v) is 28.2. The monoisotopic (exact) mass is 996 g/mol. The number of benzene rings is 3. The van der Waals surface area contributed by atoms with E-state index in [1.54, 1.807) is 36.5 Å². The number of thiol groups is 1. The Hall–Kier alpha value is -4.51. The van der Waals surface area contributed by atoms with Crippen LogP contribution in [-0.4, -0.2) is 95.7 Å². The van der Waals surface area contributed by atoms with Gasteiger partial charge in [0.25, 0.3) is 0 Å². The van der Waals surface area contributed by atoms with Crippen molar-refractivity contribution in [1.82, 2.24) is 25.7 Å². The van der Waals surface area contributed by atoms with Gasteiger partial charge >= 0.3 is 5.97 Å². The van der Waals surface area contributed by atoms with Crippen LogP contribution in [0.15, 0.2) is 91.1 Å². The third-order valence-corrected chi connectivity index (χ3v) is 15.7. The minimum absolute atomic E-state index is 0.00350. The average Bonchev–Trinajstić information content (AvgIpc) is 3.95. The van der Waals surface area contributed by atoms with Crippen molar-refractivity contribution in [1.29, 1.82) is 0 Å². The standard InChI is InChI=1S/C33H46N5O8PS.C17H27NOS/c1-48(45,46)38-27(15-7-10-18-34)30(39)37-29(19-23-11-3-2-4-12-23)47(43,44)22-33(16-8-9-17-33)32(42)36-28(31(40)41)20-24-21-35-26-14-6-5-13-25(24)26;1-15(18-17(19)13-14-20)9-5-2-3-6-10-16-11-7-4-8-12-16/h2-6,11-14,21,27-29,35,38H,7-10,15-20,22,34H2,1H3,(H,36,42)(H,37,39)(H,40,41)(H,43,44);4,7-8,11-12,15,20H,2-3,5-6,9-10,13-14H2,1H3,(H,18,19)/t27-,28?,29+;15-/m01/s1. The summed E-state index contributed by atoms with van der Waals surface area (Å²) in [6.07, 6.45) is 12.7. The number of hydrogen-bond acceptors (Lipinski definition) is 9. The van der Waals surface area contributed by atoms with E-state index in [4.69, 9.17) is 5.73 Å². The van der Waals surface area contributed by atoms with Crippen LogP contribution in [0.5, 0.6) is 0 Å². The molecule has 1 saturated carbocycles. The number of rotatable bonds is 28. The molecule has 5 rings (SSSR count). The van der Waals surface area contributed by atoms with Gasteiger partial charge in [0.1, 0.15) is 17.9 Å². The van der Waals surface area contributed by atoms with E-state index in [1.165, 1.54) is 37.7 Å². The number of carboxylic acids is 1. The maximum atomic E-state index is 14.4. The van der Waals surface area contributed by atoms with Gasteiger partial charge in [-0.05, 0) is 86.9 Å². The zero-order valence-electron chi connectivity index (χ0n) is 39.5. The summed E-state index contributed by atoms with van der Waals surface area (Å²) in [6.45, 7) is 2.44. The first-order valence-electron chi connectivity index (χ1n) is 23.8. The number of hydrogen-bond donors (Lipinski definition) is 9. The highest BCUT2D eigenvalue weighted by Gasteiger charge is 2.49. The summed E-state index contributed by atoms with van der Waals surface area (Å²) < 4.78 is 40.9. The Kier molecular flexibility index (Phi) is 23.3. The van der Waals surface area contributed by atoms with Crippen LogP contribution in [0.3, 0.4) is 0 Å². The van der Waals surface area contributed by atoms with Crippen LogP contribution in [0.2, 0.25) is 0 Å². The number of carboxylic acid groups (broad SMARTS) is 1. The minimum atomic E-state index is -4.41. The van der Waals surface area contributed by atoms with Crippen LogP contribution < -0.4 is 26.4 Å². The van der Waals surface area contributed by atoms with Crippen molar-refractivity contribution in [3.8, 4) is 0 Å². The maximum absolute atomic E-state index is 14.4. The summed E-state index contributed by atoms with van der Waals surface area (Å²) in [7, 11) is -8.21. The number of aryl methyl sites for hydroxylation is 1. The molecule has 1 fully saturated rings. The minimum Gasteiger partial charge on any atom is -0.480 e. The van der Waals surface area contributed by atoms with E-state index in [0.717, 1.165) is 23.6 Å². The molecular formula is C50H73N6O9PS2. The molecule has 9 N–H and O–H groups in total. The van der Waals surface area contributed by atoms with Crippen LogP contribution in [0.4, 0.5) is 0 Å². The van der Waals surface area contributed by atoms with Gasteiger partial charge in [-0.2, -0.15) is 12.6 Å². The Bertz CT molecular complexity index is 2350. The highest BCUT2D eigenvalue weighted by atomic mass is 32.2. The number of nitrogens with one attached hydrogen (secondary N) is 5. The Balaban J connectivity index is 0.000000421. The molecule has 0 bridgehead atoms. The molecule has 68 heavy (non-hydrogen) atoms. The second kappa shape index (κ2) is 28.2. The highest BCUT2D eigenvalue weighted by molar-refractivity contribution is 7.88. The Morgan fingerprint density at radius 3 is 2.06 bits per heavy atom. The van der Waals surface area contributed by atoms with E-state index in [9.17, 15) is 42.2 Å². The van der Waals surface area contributed by atoms with Crippen LogP contribution in [-0.2, 0) is 53.0 Å². The molecule has 0 spiro atoms. The molecule has 18 heteroatoms. The topological polar surface area (TPSA) is 250 Å². The average molecular weight is 997 g/mol. The van der Waals surface area contributed by atoms with Gasteiger partial charge in [0.2, 0.25) is 35.1 Å². The Morgan fingerprint density at radius 2 is 1.43 bits per heavy atom. The van der Waals surface area contributed by atoms with Gasteiger partial charge < -0.3 is 36.7 Å². The van der Waals surface area contributed by atoms with Gasteiger partial charge in [-0.1, -0.05) is 117 Å². The number of H-pyrrole nitrogens is 1. The lowest BCUT2D eigenvalue weighted by Crippen LogP contribution is -2.52. The van der Waals surface area contributed by atoms with Gasteiger partial charge in [0, 0.05) is 48.6 Å². The highest BCUT2D eigenvalue weighted by Crippen LogP contribution is 2.55. The van der Waals surface area contributed by atoms with Gasteiger partial charge in [-0.3, -0.25) is 18.9 Å². The number of aromatic amines is 1. The number of unbranched alkanes of at least 4 members (excludes halogenated alkanes) is 4. The largest absolute Gasteiger partial charge is 0.480 e. The van der Waals surface area contributed by atoms with Crippen molar-refractivity contribution in [2.45, 2.75) is 134 Å². The van der Waals surface area contributed by atoms with E-state index in [1.807, 2.05) is 24.3 Å². The first-order chi connectivity index (χ1) is 32.4. The number of nitrogens with two attached hydrogens (primary N) is 1. The van der Waals surface area contributed by atoms with Gasteiger partial charge in [0.05, 0.1) is 11.7 Å². The molecule has 1 aliphatic rings. The molecule has 1 heterocycles. The normalized spacial score (nSPS) is 16.0. The smallest absolute Gasteiger partial charge is 0.326 e. The zero-order chi connectivity index (χ0) is 49.6. The zero-order valence-corrected chi connectivity index (χ0v) is 42.1. The molecule has 0 saturated heterocycles. The van der Waals surface area contributed by atoms with Crippen molar-refractivity contribution in [2.75, 3.05) is 24.7 Å². The van der Waals surface area contributed by atoms with E-state index >= 15 is 0 Å². The predicted molar refractivity (Wildman–Crippen MR) is 273 cm³/mol. The molecule has 1 aliphatic carbocycles. The molecule has 5 atom stereocenters. The molecule has 374 valence electrons. The molecule has 1 aromatic heterocycles. The lowest BCUT2D eigenvalue weighted by Gasteiger charge is -2.34. The fourth-order valence-corrected chi connectivity index (χ4v) is 12.1. The van der Waals surface area contributed by atoms with Crippen molar-refractivity contribution in [3.05, 3.63) is 108 Å². The van der Waals surface area contributed by atoms with Gasteiger partial charge in [-0.25, -0.2) is 17.9 Å². The number of fused-ring (bicyclic) bond motifs is 1. The number of sulfonamides is 1. The van der Waals surface area contributed by atoms with Gasteiger partial charge in [0.15, 0.2) is 0 Å². The summed E-state index contributed by atoms with van der Waals surface area (Å²) in [5.41, 5.74) is 7.86. The van der Waals surface area contributed by atoms with E-state index in [2.05, 4.69) is 75.5 Å². The van der Waals surface area contributed by atoms with Crippen molar-refractivity contribution < 1.29 is 42.2 Å². The van der Waals surface area contributed by atoms with Crippen LogP contribution in [0, 0.1) is 5.41 Å². The van der Waals surface area contributed by atoms with Crippen LogP contribution >= 0.6 is 20.0 Å². The number of para-hydroxylation sites is 1. The Morgan fingerprint density at radius 1 is 0.809 bits per heavy atom. The summed E-state index contributed by atoms with van der Waals surface area (Å²) >= 11 is 4.06. The number of aliphatic carboxylic acids is 1. The van der Waals surface area contributed by atoms with Crippen molar-refractivity contribution in [3.63, 3.8) is 0 Å². The molecule has 2 unspecified atom stereocenters. The second-order valence-electron chi connectivity index (χ2n) is 18.2. The molecule has 0 radical (unpaired) electrons. The number of carbonyl (C=O) groups is 4.